The van der Waals surface area contributed by atoms with Crippen LogP contribution in [0.3, 0.4) is 0 Å². The van der Waals surface area contributed by atoms with E-state index in [2.05, 4.69) is 5.32 Å². The topological polar surface area (TPSA) is 98.7 Å². The minimum absolute atomic E-state index is 0.382. The van der Waals surface area contributed by atoms with Gasteiger partial charge in [-0.15, -0.1) is 0 Å². The molecule has 0 aromatic heterocycles. The zero-order valence-corrected chi connectivity index (χ0v) is 9.27. The SMILES string of the molecule is Cc1cccc(NC(CO)(CO)CO)c1N. The molecule has 1 aromatic rings. The first-order valence-electron chi connectivity index (χ1n) is 5.04. The highest BCUT2D eigenvalue weighted by Crippen LogP contribution is 2.25. The van der Waals surface area contributed by atoms with E-state index in [1.807, 2.05) is 19.1 Å². The molecule has 0 atom stereocenters. The van der Waals surface area contributed by atoms with Crippen LogP contribution in [0, 0.1) is 6.92 Å². The molecule has 0 spiro atoms. The van der Waals surface area contributed by atoms with E-state index in [0.29, 0.717) is 11.4 Å². The van der Waals surface area contributed by atoms with Crippen LogP contribution in [-0.2, 0) is 0 Å². The molecule has 0 radical (unpaired) electrons. The number of aliphatic hydroxyl groups is 3. The Morgan fingerprint density at radius 2 is 1.75 bits per heavy atom. The Hall–Kier alpha value is -1.30. The van der Waals surface area contributed by atoms with Crippen molar-refractivity contribution in [2.24, 2.45) is 0 Å². The average molecular weight is 226 g/mol. The van der Waals surface area contributed by atoms with Crippen molar-refractivity contribution < 1.29 is 15.3 Å². The molecule has 90 valence electrons. The van der Waals surface area contributed by atoms with E-state index in [1.165, 1.54) is 0 Å². The summed E-state index contributed by atoms with van der Waals surface area (Å²) in [5.41, 5.74) is 6.73. The van der Waals surface area contributed by atoms with Gasteiger partial charge >= 0.3 is 0 Å². The van der Waals surface area contributed by atoms with Crippen LogP contribution >= 0.6 is 0 Å². The average Bonchev–Trinajstić information content (AvgIpc) is 2.32. The summed E-state index contributed by atoms with van der Waals surface area (Å²) in [5.74, 6) is 0. The summed E-state index contributed by atoms with van der Waals surface area (Å²) in [6, 6.07) is 5.40. The number of aliphatic hydroxyl groups excluding tert-OH is 3. The van der Waals surface area contributed by atoms with Gasteiger partial charge in [0.05, 0.1) is 31.2 Å². The van der Waals surface area contributed by atoms with E-state index in [-0.39, 0.29) is 19.8 Å². The van der Waals surface area contributed by atoms with Crippen molar-refractivity contribution in [3.63, 3.8) is 0 Å². The summed E-state index contributed by atoms with van der Waals surface area (Å²) in [6.07, 6.45) is 0. The predicted octanol–water partition coefficient (Wildman–Crippen LogP) is -0.295. The molecule has 5 nitrogen and oxygen atoms in total. The van der Waals surface area contributed by atoms with E-state index in [9.17, 15) is 15.3 Å². The quantitative estimate of drug-likeness (QED) is 0.444. The number of hydrogen-bond acceptors (Lipinski definition) is 5. The fraction of sp³-hybridized carbons (Fsp3) is 0.455. The normalized spacial score (nSPS) is 11.5. The molecule has 0 unspecified atom stereocenters. The van der Waals surface area contributed by atoms with Crippen molar-refractivity contribution in [2.75, 3.05) is 30.9 Å². The molecule has 0 aliphatic rings. The Morgan fingerprint density at radius 3 is 2.25 bits per heavy atom. The van der Waals surface area contributed by atoms with E-state index >= 15 is 0 Å². The smallest absolute Gasteiger partial charge is 0.107 e. The van der Waals surface area contributed by atoms with Crippen molar-refractivity contribution in [3.8, 4) is 0 Å². The van der Waals surface area contributed by atoms with Crippen LogP contribution in [0.2, 0.25) is 0 Å². The van der Waals surface area contributed by atoms with E-state index in [0.717, 1.165) is 5.56 Å². The van der Waals surface area contributed by atoms with Crippen molar-refractivity contribution in [3.05, 3.63) is 23.8 Å². The molecule has 0 aliphatic carbocycles. The van der Waals surface area contributed by atoms with Crippen LogP contribution in [0.15, 0.2) is 18.2 Å². The minimum Gasteiger partial charge on any atom is -0.397 e. The summed E-state index contributed by atoms with van der Waals surface area (Å²) in [4.78, 5) is 0. The molecule has 5 heteroatoms. The molecule has 6 N–H and O–H groups in total. The standard InChI is InChI=1S/C11H18N2O3/c1-8-3-2-4-9(10(8)12)13-11(5-14,6-15)7-16/h2-4,13-16H,5-7,12H2,1H3. The van der Waals surface area contributed by atoms with Gasteiger partial charge in [-0.1, -0.05) is 12.1 Å². The van der Waals surface area contributed by atoms with Crippen molar-refractivity contribution in [1.29, 1.82) is 0 Å². The Morgan fingerprint density at radius 1 is 1.19 bits per heavy atom. The summed E-state index contributed by atoms with van der Waals surface area (Å²) in [6.45, 7) is 0.715. The van der Waals surface area contributed by atoms with Gasteiger partial charge in [-0.05, 0) is 18.6 Å². The second-order valence-corrected chi connectivity index (χ2v) is 3.92. The van der Waals surface area contributed by atoms with Gasteiger partial charge in [-0.3, -0.25) is 0 Å². The van der Waals surface area contributed by atoms with Gasteiger partial charge < -0.3 is 26.4 Å². The zero-order chi connectivity index (χ0) is 12.2. The summed E-state index contributed by atoms with van der Waals surface area (Å²) < 4.78 is 0. The Bertz CT molecular complexity index is 343. The zero-order valence-electron chi connectivity index (χ0n) is 9.27. The number of nitrogens with two attached hydrogens (primary N) is 1. The number of para-hydroxylation sites is 1. The highest BCUT2D eigenvalue weighted by Gasteiger charge is 2.28. The minimum atomic E-state index is -1.15. The van der Waals surface area contributed by atoms with Gasteiger partial charge in [0.25, 0.3) is 0 Å². The number of anilines is 2. The van der Waals surface area contributed by atoms with Crippen LogP contribution in [0.5, 0.6) is 0 Å². The van der Waals surface area contributed by atoms with Gasteiger partial charge in [0.15, 0.2) is 0 Å². The molecular weight excluding hydrogens is 208 g/mol. The molecule has 0 bridgehead atoms. The third kappa shape index (κ3) is 2.44. The van der Waals surface area contributed by atoms with Crippen LogP contribution in [-0.4, -0.2) is 40.7 Å². The van der Waals surface area contributed by atoms with Gasteiger partial charge in [0, 0.05) is 0 Å². The predicted molar refractivity (Wildman–Crippen MR) is 63.2 cm³/mol. The monoisotopic (exact) mass is 226 g/mol. The Kier molecular flexibility index (Phi) is 4.12. The first-order valence-corrected chi connectivity index (χ1v) is 5.04. The Labute approximate surface area is 94.5 Å². The number of benzene rings is 1. The third-order valence-electron chi connectivity index (χ3n) is 2.63. The van der Waals surface area contributed by atoms with E-state index < -0.39 is 5.54 Å². The van der Waals surface area contributed by atoms with Crippen LogP contribution < -0.4 is 11.1 Å². The maximum Gasteiger partial charge on any atom is 0.107 e. The molecule has 0 saturated carbocycles. The van der Waals surface area contributed by atoms with E-state index in [1.54, 1.807) is 6.07 Å². The maximum absolute atomic E-state index is 9.17. The van der Waals surface area contributed by atoms with E-state index in [4.69, 9.17) is 5.73 Å². The maximum atomic E-state index is 9.17. The molecule has 0 amide bonds. The van der Waals surface area contributed by atoms with Gasteiger partial charge in [0.1, 0.15) is 5.54 Å². The number of nitrogen functional groups attached to an aromatic ring is 1. The van der Waals surface area contributed by atoms with Gasteiger partial charge in [-0.25, -0.2) is 0 Å². The summed E-state index contributed by atoms with van der Waals surface area (Å²) in [7, 11) is 0. The van der Waals surface area contributed by atoms with Crippen LogP contribution in [0.25, 0.3) is 0 Å². The molecule has 1 rings (SSSR count). The lowest BCUT2D eigenvalue weighted by molar-refractivity contribution is 0.0834. The van der Waals surface area contributed by atoms with Crippen LogP contribution in [0.1, 0.15) is 5.56 Å². The first-order chi connectivity index (χ1) is 7.58. The molecule has 0 fully saturated rings. The number of nitrogens with one attached hydrogen (secondary N) is 1. The molecule has 16 heavy (non-hydrogen) atoms. The number of rotatable bonds is 5. The highest BCUT2D eigenvalue weighted by atomic mass is 16.3. The lowest BCUT2D eigenvalue weighted by Gasteiger charge is -2.30. The fourth-order valence-corrected chi connectivity index (χ4v) is 1.34. The highest BCUT2D eigenvalue weighted by molar-refractivity contribution is 5.70. The number of hydrogen-bond donors (Lipinski definition) is 5. The fourth-order valence-electron chi connectivity index (χ4n) is 1.34. The Balaban J connectivity index is 2.98. The first kappa shape index (κ1) is 12.8. The van der Waals surface area contributed by atoms with Crippen molar-refractivity contribution in [2.45, 2.75) is 12.5 Å². The largest absolute Gasteiger partial charge is 0.397 e. The van der Waals surface area contributed by atoms with Gasteiger partial charge in [0.2, 0.25) is 0 Å². The van der Waals surface area contributed by atoms with Crippen LogP contribution in [0.4, 0.5) is 11.4 Å². The van der Waals surface area contributed by atoms with Crippen molar-refractivity contribution >= 4 is 11.4 Å². The molecule has 0 heterocycles. The second-order valence-electron chi connectivity index (χ2n) is 3.92. The molecule has 0 aliphatic heterocycles. The molecule has 1 aromatic carbocycles. The second kappa shape index (κ2) is 5.16. The molecular formula is C11H18N2O3. The van der Waals surface area contributed by atoms with Gasteiger partial charge in [-0.2, -0.15) is 0 Å². The summed E-state index contributed by atoms with van der Waals surface area (Å²) in [5, 5.41) is 30.4. The molecule has 0 saturated heterocycles. The lowest BCUT2D eigenvalue weighted by Crippen LogP contribution is -2.49. The third-order valence-corrected chi connectivity index (χ3v) is 2.63. The number of aryl methyl sites for hydroxylation is 1. The lowest BCUT2D eigenvalue weighted by atomic mass is 10.0. The van der Waals surface area contributed by atoms with Crippen molar-refractivity contribution in [1.82, 2.24) is 0 Å². The summed E-state index contributed by atoms with van der Waals surface area (Å²) >= 11 is 0.